The van der Waals surface area contributed by atoms with E-state index in [4.69, 9.17) is 0 Å². The number of carbonyl (C=O) groups is 1. The molecule has 1 amide bonds. The van der Waals surface area contributed by atoms with Gasteiger partial charge in [0.1, 0.15) is 0 Å². The molecule has 2 N–H and O–H groups in total. The van der Waals surface area contributed by atoms with Crippen molar-refractivity contribution >= 4 is 5.91 Å². The highest BCUT2D eigenvalue weighted by Gasteiger charge is 2.22. The van der Waals surface area contributed by atoms with Crippen molar-refractivity contribution in [3.8, 4) is 0 Å². The molecule has 1 rings (SSSR count). The fourth-order valence-electron chi connectivity index (χ4n) is 1.61. The van der Waals surface area contributed by atoms with Gasteiger partial charge in [0, 0.05) is 12.6 Å². The lowest BCUT2D eigenvalue weighted by Gasteiger charge is -2.23. The first-order valence-corrected chi connectivity index (χ1v) is 5.65. The summed E-state index contributed by atoms with van der Waals surface area (Å²) in [5.41, 5.74) is 0. The highest BCUT2D eigenvalue weighted by Crippen LogP contribution is 2.08. The van der Waals surface area contributed by atoms with Crippen LogP contribution in [-0.2, 0) is 4.79 Å². The van der Waals surface area contributed by atoms with Gasteiger partial charge in [-0.2, -0.15) is 0 Å². The maximum Gasteiger partial charge on any atom is 0.237 e. The first-order chi connectivity index (χ1) is 6.61. The Balaban J connectivity index is 2.44. The summed E-state index contributed by atoms with van der Waals surface area (Å²) in [7, 11) is 0. The molecule has 0 saturated carbocycles. The molecule has 1 fully saturated rings. The van der Waals surface area contributed by atoms with Crippen LogP contribution < -0.4 is 10.6 Å². The van der Waals surface area contributed by atoms with Crippen LogP contribution in [0, 0.1) is 5.92 Å². The third-order valence-corrected chi connectivity index (χ3v) is 3.00. The summed E-state index contributed by atoms with van der Waals surface area (Å²) in [4.78, 5) is 11.6. The third-order valence-electron chi connectivity index (χ3n) is 3.00. The lowest BCUT2D eigenvalue weighted by atomic mass is 10.0. The molecular formula is C11H22N2O. The molecule has 0 radical (unpaired) electrons. The molecule has 0 aromatic carbocycles. The van der Waals surface area contributed by atoms with Crippen LogP contribution in [0.5, 0.6) is 0 Å². The van der Waals surface area contributed by atoms with E-state index in [0.717, 1.165) is 25.8 Å². The van der Waals surface area contributed by atoms with Crippen molar-refractivity contribution in [2.45, 2.75) is 52.1 Å². The van der Waals surface area contributed by atoms with Gasteiger partial charge in [0.25, 0.3) is 0 Å². The summed E-state index contributed by atoms with van der Waals surface area (Å²) < 4.78 is 0. The van der Waals surface area contributed by atoms with Crippen molar-refractivity contribution in [1.29, 1.82) is 0 Å². The van der Waals surface area contributed by atoms with E-state index in [1.54, 1.807) is 0 Å². The number of carbonyl (C=O) groups excluding carboxylic acids is 1. The van der Waals surface area contributed by atoms with E-state index >= 15 is 0 Å². The van der Waals surface area contributed by atoms with Gasteiger partial charge in [-0.1, -0.05) is 13.8 Å². The van der Waals surface area contributed by atoms with Gasteiger partial charge in [0.05, 0.1) is 6.04 Å². The lowest BCUT2D eigenvalue weighted by molar-refractivity contribution is -0.123. The molecule has 14 heavy (non-hydrogen) atoms. The highest BCUT2D eigenvalue weighted by atomic mass is 16.2. The predicted molar refractivity (Wildman–Crippen MR) is 58.1 cm³/mol. The maximum atomic E-state index is 11.6. The zero-order valence-corrected chi connectivity index (χ0v) is 9.47. The Morgan fingerprint density at radius 2 is 2.07 bits per heavy atom. The second-order valence-electron chi connectivity index (χ2n) is 4.54. The van der Waals surface area contributed by atoms with Crippen molar-refractivity contribution in [3.05, 3.63) is 0 Å². The van der Waals surface area contributed by atoms with Crippen LogP contribution in [0.25, 0.3) is 0 Å². The van der Waals surface area contributed by atoms with Crippen molar-refractivity contribution in [3.63, 3.8) is 0 Å². The number of rotatable bonds is 3. The van der Waals surface area contributed by atoms with Crippen molar-refractivity contribution in [1.82, 2.24) is 10.6 Å². The third kappa shape index (κ3) is 3.29. The average molecular weight is 198 g/mol. The van der Waals surface area contributed by atoms with E-state index in [1.807, 2.05) is 0 Å². The first-order valence-electron chi connectivity index (χ1n) is 5.65. The van der Waals surface area contributed by atoms with Crippen LogP contribution in [0.3, 0.4) is 0 Å². The summed E-state index contributed by atoms with van der Waals surface area (Å²) in [6, 6.07) is 0.429. The molecule has 3 heteroatoms. The highest BCUT2D eigenvalue weighted by molar-refractivity contribution is 5.81. The zero-order chi connectivity index (χ0) is 10.6. The SMILES string of the molecule is CC(C)C(C)NC1CCCCNC1=O. The number of hydrogen-bond acceptors (Lipinski definition) is 2. The quantitative estimate of drug-likeness (QED) is 0.717. The minimum Gasteiger partial charge on any atom is -0.355 e. The minimum atomic E-state index is 0.0231. The molecule has 0 aliphatic carbocycles. The molecule has 0 aromatic rings. The van der Waals surface area contributed by atoms with E-state index in [2.05, 4.69) is 31.4 Å². The summed E-state index contributed by atoms with van der Waals surface area (Å²) in [5, 5.41) is 6.33. The van der Waals surface area contributed by atoms with Gasteiger partial charge >= 0.3 is 0 Å². The smallest absolute Gasteiger partial charge is 0.237 e. The topological polar surface area (TPSA) is 41.1 Å². The Morgan fingerprint density at radius 1 is 1.36 bits per heavy atom. The van der Waals surface area contributed by atoms with Crippen molar-refractivity contribution in [2.24, 2.45) is 5.92 Å². The van der Waals surface area contributed by atoms with Crippen LogP contribution >= 0.6 is 0 Å². The average Bonchev–Trinajstić information content (AvgIpc) is 2.32. The van der Waals surface area contributed by atoms with Crippen LogP contribution in [0.1, 0.15) is 40.0 Å². The fraction of sp³-hybridized carbons (Fsp3) is 0.909. The van der Waals surface area contributed by atoms with Crippen LogP contribution in [0.2, 0.25) is 0 Å². The number of amides is 1. The molecule has 1 heterocycles. The molecule has 0 aromatic heterocycles. The summed E-state index contributed by atoms with van der Waals surface area (Å²) >= 11 is 0. The van der Waals surface area contributed by atoms with E-state index < -0.39 is 0 Å². The Bertz CT molecular complexity index is 192. The zero-order valence-electron chi connectivity index (χ0n) is 9.47. The monoisotopic (exact) mass is 198 g/mol. The van der Waals surface area contributed by atoms with Gasteiger partial charge in [-0.3, -0.25) is 4.79 Å². The second-order valence-corrected chi connectivity index (χ2v) is 4.54. The summed E-state index contributed by atoms with van der Waals surface area (Å²) in [6.45, 7) is 7.33. The van der Waals surface area contributed by atoms with E-state index in [0.29, 0.717) is 12.0 Å². The molecular weight excluding hydrogens is 176 g/mol. The molecule has 2 unspecified atom stereocenters. The second kappa shape index (κ2) is 5.35. The standard InChI is InChI=1S/C11H22N2O/c1-8(2)9(3)13-10-6-4-5-7-12-11(10)14/h8-10,13H,4-7H2,1-3H3,(H,12,14). The van der Waals surface area contributed by atoms with Gasteiger partial charge in [-0.05, 0) is 32.1 Å². The van der Waals surface area contributed by atoms with Crippen molar-refractivity contribution < 1.29 is 4.79 Å². The molecule has 1 aliphatic heterocycles. The molecule has 82 valence electrons. The Kier molecular flexibility index (Phi) is 4.39. The number of hydrogen-bond donors (Lipinski definition) is 2. The van der Waals surface area contributed by atoms with Gasteiger partial charge in [-0.15, -0.1) is 0 Å². The van der Waals surface area contributed by atoms with Gasteiger partial charge < -0.3 is 10.6 Å². The predicted octanol–water partition coefficient (Wildman–Crippen LogP) is 1.29. The van der Waals surface area contributed by atoms with Gasteiger partial charge in [0.2, 0.25) is 5.91 Å². The van der Waals surface area contributed by atoms with Crippen LogP contribution in [-0.4, -0.2) is 24.5 Å². The molecule has 1 aliphatic rings. The largest absolute Gasteiger partial charge is 0.355 e. The molecule has 0 bridgehead atoms. The molecule has 3 nitrogen and oxygen atoms in total. The summed E-state index contributed by atoms with van der Waals surface area (Å²) in [5.74, 6) is 0.751. The minimum absolute atomic E-state index is 0.0231. The summed E-state index contributed by atoms with van der Waals surface area (Å²) in [6.07, 6.45) is 3.23. The number of nitrogens with one attached hydrogen (secondary N) is 2. The molecule has 1 saturated heterocycles. The van der Waals surface area contributed by atoms with E-state index in [-0.39, 0.29) is 11.9 Å². The molecule has 0 spiro atoms. The normalized spacial score (nSPS) is 25.7. The fourth-order valence-corrected chi connectivity index (χ4v) is 1.61. The van der Waals surface area contributed by atoms with E-state index in [1.165, 1.54) is 0 Å². The maximum absolute atomic E-state index is 11.6. The van der Waals surface area contributed by atoms with Gasteiger partial charge in [-0.25, -0.2) is 0 Å². The lowest BCUT2D eigenvalue weighted by Crippen LogP contribution is -2.47. The Labute approximate surface area is 86.6 Å². The molecule has 2 atom stereocenters. The Morgan fingerprint density at radius 3 is 2.71 bits per heavy atom. The van der Waals surface area contributed by atoms with E-state index in [9.17, 15) is 4.79 Å². The van der Waals surface area contributed by atoms with Crippen LogP contribution in [0.4, 0.5) is 0 Å². The Hall–Kier alpha value is -0.570. The van der Waals surface area contributed by atoms with Crippen molar-refractivity contribution in [2.75, 3.05) is 6.54 Å². The first kappa shape index (κ1) is 11.5. The van der Waals surface area contributed by atoms with Gasteiger partial charge in [0.15, 0.2) is 0 Å². The van der Waals surface area contributed by atoms with Crippen LogP contribution in [0.15, 0.2) is 0 Å².